The van der Waals surface area contributed by atoms with Gasteiger partial charge in [-0.2, -0.15) is 0 Å². The molecule has 0 N–H and O–H groups in total. The van der Waals surface area contributed by atoms with E-state index in [1.807, 2.05) is 0 Å². The van der Waals surface area contributed by atoms with Gasteiger partial charge in [-0.05, 0) is 12.2 Å². The number of hydrogen-bond donors (Lipinski definition) is 0. The number of carbonyl (C=O) groups is 2. The Balaban J connectivity index is 4.70. The van der Waals surface area contributed by atoms with Crippen LogP contribution in [0.3, 0.4) is 0 Å². The molecule has 0 aliphatic heterocycles. The molecule has 0 amide bonds. The van der Waals surface area contributed by atoms with E-state index in [0.717, 1.165) is 0 Å². The highest BCUT2D eigenvalue weighted by Gasteiger charge is 2.34. The molecule has 0 aromatic carbocycles. The molecule has 0 aromatic heterocycles. The van der Waals surface area contributed by atoms with Crippen molar-refractivity contribution >= 4 is 18.9 Å². The van der Waals surface area contributed by atoms with Crippen LogP contribution in [0.5, 0.6) is 0 Å². The maximum Gasteiger partial charge on any atom is 0.213 e. The third-order valence-corrected chi connectivity index (χ3v) is 4.48. The third-order valence-electron chi connectivity index (χ3n) is 1.60. The first-order valence-electron chi connectivity index (χ1n) is 3.30. The molecule has 0 aromatic rings. The molecule has 2 nitrogen and oxygen atoms in total. The van der Waals surface area contributed by atoms with Crippen molar-refractivity contribution in [3.05, 3.63) is 25.3 Å². The fraction of sp³-hybridized carbons (Fsp3) is 0.250. The van der Waals surface area contributed by atoms with Gasteiger partial charge >= 0.3 is 0 Å². The number of allylic oxidation sites excluding steroid dienone is 2. The van der Waals surface area contributed by atoms with Gasteiger partial charge in [0.2, 0.25) is 8.07 Å². The summed E-state index contributed by atoms with van der Waals surface area (Å²) in [4.78, 5) is 22.2. The van der Waals surface area contributed by atoms with E-state index in [2.05, 4.69) is 13.2 Å². The van der Waals surface area contributed by atoms with Gasteiger partial charge in [0.15, 0.2) is 0 Å². The van der Waals surface area contributed by atoms with Crippen LogP contribution in [0.4, 0.5) is 0 Å². The van der Waals surface area contributed by atoms with Gasteiger partial charge < -0.3 is 9.59 Å². The molecule has 0 rings (SSSR count). The van der Waals surface area contributed by atoms with E-state index in [9.17, 15) is 9.59 Å². The van der Waals surface area contributed by atoms with Crippen LogP contribution in [0.15, 0.2) is 25.3 Å². The van der Waals surface area contributed by atoms with Gasteiger partial charge in [-0.1, -0.05) is 26.3 Å². The van der Waals surface area contributed by atoms with Crippen molar-refractivity contribution in [3.8, 4) is 0 Å². The van der Waals surface area contributed by atoms with Crippen LogP contribution in [0.1, 0.15) is 0 Å². The van der Waals surface area contributed by atoms with E-state index in [4.69, 9.17) is 0 Å². The van der Waals surface area contributed by atoms with Crippen LogP contribution in [0, 0.1) is 0 Å². The second-order valence-electron chi connectivity index (χ2n) is 2.76. The van der Waals surface area contributed by atoms with Gasteiger partial charge in [0.1, 0.15) is 10.8 Å². The number of carbonyl (C=O) groups excluding carboxylic acids is 2. The largest absolute Gasteiger partial charge is 0.300 e. The van der Waals surface area contributed by atoms with Crippen molar-refractivity contribution in [1.29, 1.82) is 0 Å². The lowest BCUT2D eigenvalue weighted by molar-refractivity contribution is -0.112. The molecule has 0 fully saturated rings. The van der Waals surface area contributed by atoms with Gasteiger partial charge in [-0.25, -0.2) is 0 Å². The van der Waals surface area contributed by atoms with Crippen LogP contribution in [-0.4, -0.2) is 18.9 Å². The third kappa shape index (κ3) is 1.98. The average molecular weight is 168 g/mol. The molecule has 0 heterocycles. The maximum atomic E-state index is 11.1. The Bertz CT molecular complexity index is 194. The van der Waals surface area contributed by atoms with Crippen molar-refractivity contribution < 1.29 is 9.59 Å². The quantitative estimate of drug-likeness (QED) is 0.468. The Kier molecular flexibility index (Phi) is 3.13. The summed E-state index contributed by atoms with van der Waals surface area (Å²) in [6.45, 7) is 10.1. The molecule has 0 atom stereocenters. The molecule has 3 heteroatoms. The summed E-state index contributed by atoms with van der Waals surface area (Å²) >= 11 is 0. The first-order chi connectivity index (χ1) is 4.96. The fourth-order valence-electron chi connectivity index (χ4n) is 0.632. The van der Waals surface area contributed by atoms with Gasteiger partial charge in [-0.3, -0.25) is 0 Å². The summed E-state index contributed by atoms with van der Waals surface area (Å²) in [5.41, 5.74) is 0. The van der Waals surface area contributed by atoms with Gasteiger partial charge in [0.25, 0.3) is 0 Å². The first kappa shape index (κ1) is 10.0. The normalized spacial score (nSPS) is 10.4. The van der Waals surface area contributed by atoms with E-state index in [0.29, 0.717) is 0 Å². The Morgan fingerprint density at radius 1 is 1.09 bits per heavy atom. The zero-order chi connectivity index (χ0) is 9.07. The van der Waals surface area contributed by atoms with Crippen LogP contribution in [0.2, 0.25) is 13.1 Å². The summed E-state index contributed by atoms with van der Waals surface area (Å²) in [6, 6.07) is 0. The van der Waals surface area contributed by atoms with Crippen LogP contribution >= 0.6 is 0 Å². The molecule has 0 bridgehead atoms. The van der Waals surface area contributed by atoms with E-state index in [1.54, 1.807) is 13.1 Å². The predicted molar refractivity (Wildman–Crippen MR) is 47.9 cm³/mol. The summed E-state index contributed by atoms with van der Waals surface area (Å²) < 4.78 is 0. The Labute approximate surface area is 67.6 Å². The molecule has 0 saturated heterocycles. The Morgan fingerprint density at radius 2 is 1.36 bits per heavy atom. The van der Waals surface area contributed by atoms with Crippen molar-refractivity contribution in [1.82, 2.24) is 0 Å². The highest BCUT2D eigenvalue weighted by molar-refractivity contribution is 7.25. The fourth-order valence-corrected chi connectivity index (χ4v) is 1.90. The van der Waals surface area contributed by atoms with Gasteiger partial charge in [0.05, 0.1) is 0 Å². The Morgan fingerprint density at radius 3 is 1.55 bits per heavy atom. The van der Waals surface area contributed by atoms with E-state index in [1.165, 1.54) is 12.2 Å². The monoisotopic (exact) mass is 168 g/mol. The smallest absolute Gasteiger partial charge is 0.213 e. The van der Waals surface area contributed by atoms with Gasteiger partial charge in [-0.15, -0.1) is 0 Å². The molecular weight excluding hydrogens is 156 g/mol. The lowest BCUT2D eigenvalue weighted by Crippen LogP contribution is -2.44. The highest BCUT2D eigenvalue weighted by atomic mass is 28.3. The summed E-state index contributed by atoms with van der Waals surface area (Å²) in [5.74, 6) is 0. The molecule has 0 radical (unpaired) electrons. The number of hydrogen-bond acceptors (Lipinski definition) is 2. The average Bonchev–Trinajstić information content (AvgIpc) is 2.01. The minimum atomic E-state index is -2.42. The lowest BCUT2D eigenvalue weighted by Gasteiger charge is -2.13. The SMILES string of the molecule is C=CC(=O)[Si](C)(C)C(=O)C=C. The van der Waals surface area contributed by atoms with Crippen LogP contribution < -0.4 is 0 Å². The van der Waals surface area contributed by atoms with Crippen molar-refractivity contribution in [3.63, 3.8) is 0 Å². The minimum Gasteiger partial charge on any atom is -0.300 e. The molecule has 0 saturated carbocycles. The van der Waals surface area contributed by atoms with Crippen molar-refractivity contribution in [2.24, 2.45) is 0 Å². The summed E-state index contributed by atoms with van der Waals surface area (Å²) in [5, 5.41) is -0.273. The second kappa shape index (κ2) is 3.43. The van der Waals surface area contributed by atoms with Gasteiger partial charge in [0, 0.05) is 0 Å². The molecule has 0 aliphatic rings. The highest BCUT2D eigenvalue weighted by Crippen LogP contribution is 2.06. The predicted octanol–water partition coefficient (Wildman–Crippen LogP) is 1.28. The number of rotatable bonds is 4. The zero-order valence-corrected chi connectivity index (χ0v) is 7.89. The summed E-state index contributed by atoms with van der Waals surface area (Å²) in [7, 11) is -2.42. The second-order valence-corrected chi connectivity index (χ2v) is 7.00. The topological polar surface area (TPSA) is 34.1 Å². The molecule has 0 unspecified atom stereocenters. The minimum absolute atomic E-state index is 0.137. The zero-order valence-electron chi connectivity index (χ0n) is 6.89. The Hall–Kier alpha value is -0.963. The van der Waals surface area contributed by atoms with E-state index < -0.39 is 8.07 Å². The maximum absolute atomic E-state index is 11.1. The van der Waals surface area contributed by atoms with Crippen molar-refractivity contribution in [2.45, 2.75) is 13.1 Å². The van der Waals surface area contributed by atoms with Crippen molar-refractivity contribution in [2.75, 3.05) is 0 Å². The first-order valence-corrected chi connectivity index (χ1v) is 6.30. The molecule has 0 aliphatic carbocycles. The van der Waals surface area contributed by atoms with Crippen LogP contribution in [-0.2, 0) is 9.59 Å². The van der Waals surface area contributed by atoms with E-state index in [-0.39, 0.29) is 10.8 Å². The van der Waals surface area contributed by atoms with E-state index >= 15 is 0 Å². The molecule has 0 spiro atoms. The standard InChI is InChI=1S/C8H12O2Si/c1-5-7(9)11(3,4)8(10)6-2/h5-6H,1-2H2,3-4H3. The summed E-state index contributed by atoms with van der Waals surface area (Å²) in [6.07, 6.45) is 2.43. The molecule has 60 valence electrons. The lowest BCUT2D eigenvalue weighted by atomic mass is 10.7. The molecule has 11 heavy (non-hydrogen) atoms. The van der Waals surface area contributed by atoms with Crippen LogP contribution in [0.25, 0.3) is 0 Å². The molecular formula is C8H12O2Si.